The van der Waals surface area contributed by atoms with Gasteiger partial charge in [0.2, 0.25) is 5.91 Å². The summed E-state index contributed by atoms with van der Waals surface area (Å²) in [5.41, 5.74) is 3.25. The SMILES string of the molecule is CCCc1cc(=O)n(CCNC(C)=O)c(=O)n1Cc1ccc(-c2ccccc2C#N)cc1. The van der Waals surface area contributed by atoms with Gasteiger partial charge in [0.1, 0.15) is 0 Å². The van der Waals surface area contributed by atoms with Gasteiger partial charge in [-0.15, -0.1) is 0 Å². The maximum Gasteiger partial charge on any atom is 0.331 e. The molecule has 3 rings (SSSR count). The molecule has 7 nitrogen and oxygen atoms in total. The van der Waals surface area contributed by atoms with Gasteiger partial charge in [0.15, 0.2) is 0 Å². The molecule has 32 heavy (non-hydrogen) atoms. The number of rotatable bonds is 8. The summed E-state index contributed by atoms with van der Waals surface area (Å²) in [4.78, 5) is 36.7. The minimum atomic E-state index is -0.384. The molecule has 0 aliphatic heterocycles. The van der Waals surface area contributed by atoms with Crippen LogP contribution >= 0.6 is 0 Å². The van der Waals surface area contributed by atoms with Crippen molar-refractivity contribution in [3.63, 3.8) is 0 Å². The maximum atomic E-state index is 13.1. The summed E-state index contributed by atoms with van der Waals surface area (Å²) in [6.45, 7) is 4.05. The smallest absolute Gasteiger partial charge is 0.331 e. The highest BCUT2D eigenvalue weighted by Crippen LogP contribution is 2.23. The van der Waals surface area contributed by atoms with Crippen molar-refractivity contribution in [2.75, 3.05) is 6.54 Å². The first-order valence-corrected chi connectivity index (χ1v) is 10.6. The predicted molar refractivity (Wildman–Crippen MR) is 123 cm³/mol. The first-order valence-electron chi connectivity index (χ1n) is 10.6. The van der Waals surface area contributed by atoms with E-state index in [9.17, 15) is 19.6 Å². The number of aryl methyl sites for hydroxylation is 1. The van der Waals surface area contributed by atoms with Gasteiger partial charge in [-0.2, -0.15) is 5.26 Å². The first kappa shape index (κ1) is 22.8. The fourth-order valence-corrected chi connectivity index (χ4v) is 3.65. The molecule has 3 aromatic rings. The molecule has 1 heterocycles. The molecule has 0 bridgehead atoms. The van der Waals surface area contributed by atoms with Crippen LogP contribution in [0.3, 0.4) is 0 Å². The fraction of sp³-hybridized carbons (Fsp3) is 0.280. The Bertz CT molecular complexity index is 1260. The van der Waals surface area contributed by atoms with Gasteiger partial charge in [0.05, 0.1) is 18.2 Å². The number of hydrogen-bond acceptors (Lipinski definition) is 4. The van der Waals surface area contributed by atoms with E-state index < -0.39 is 0 Å². The zero-order valence-corrected chi connectivity index (χ0v) is 18.3. The zero-order chi connectivity index (χ0) is 23.1. The van der Waals surface area contributed by atoms with Gasteiger partial charge < -0.3 is 5.32 Å². The highest BCUT2D eigenvalue weighted by Gasteiger charge is 2.12. The van der Waals surface area contributed by atoms with Gasteiger partial charge in [-0.05, 0) is 29.2 Å². The highest BCUT2D eigenvalue weighted by atomic mass is 16.2. The lowest BCUT2D eigenvalue weighted by Crippen LogP contribution is -2.43. The van der Waals surface area contributed by atoms with Crippen LogP contribution in [-0.4, -0.2) is 21.6 Å². The van der Waals surface area contributed by atoms with Crippen molar-refractivity contribution in [2.24, 2.45) is 0 Å². The van der Waals surface area contributed by atoms with Crippen molar-refractivity contribution in [3.8, 4) is 17.2 Å². The number of amides is 1. The molecule has 0 saturated carbocycles. The van der Waals surface area contributed by atoms with E-state index in [1.54, 1.807) is 10.6 Å². The van der Waals surface area contributed by atoms with Crippen LogP contribution in [0, 0.1) is 11.3 Å². The second-order valence-corrected chi connectivity index (χ2v) is 7.58. The Labute approximate surface area is 186 Å². The first-order chi connectivity index (χ1) is 15.4. The minimum absolute atomic E-state index is 0.119. The molecule has 1 amide bonds. The molecule has 0 radical (unpaired) electrons. The molecular formula is C25H26N4O3. The highest BCUT2D eigenvalue weighted by molar-refractivity contribution is 5.72. The third kappa shape index (κ3) is 5.22. The molecule has 0 aliphatic carbocycles. The molecule has 2 aromatic carbocycles. The quantitative estimate of drug-likeness (QED) is 0.594. The van der Waals surface area contributed by atoms with E-state index in [0.717, 1.165) is 27.7 Å². The van der Waals surface area contributed by atoms with Gasteiger partial charge >= 0.3 is 5.69 Å². The summed E-state index contributed by atoms with van der Waals surface area (Å²) in [5, 5.41) is 12.0. The summed E-state index contributed by atoms with van der Waals surface area (Å²) < 4.78 is 2.78. The van der Waals surface area contributed by atoms with E-state index in [-0.39, 0.29) is 30.2 Å². The summed E-state index contributed by atoms with van der Waals surface area (Å²) in [5.74, 6) is -0.209. The Morgan fingerprint density at radius 1 is 1.06 bits per heavy atom. The van der Waals surface area contributed by atoms with Crippen LogP contribution in [0.1, 0.15) is 37.1 Å². The molecular weight excluding hydrogens is 404 g/mol. The normalized spacial score (nSPS) is 10.5. The van der Waals surface area contributed by atoms with Crippen LogP contribution in [0.25, 0.3) is 11.1 Å². The lowest BCUT2D eigenvalue weighted by molar-refractivity contribution is -0.118. The Hall–Kier alpha value is -3.92. The van der Waals surface area contributed by atoms with Gasteiger partial charge in [-0.25, -0.2) is 4.79 Å². The number of nitrogens with zero attached hydrogens (tertiary/aromatic N) is 3. The molecule has 1 N–H and O–H groups in total. The number of nitriles is 1. The van der Waals surface area contributed by atoms with Crippen molar-refractivity contribution in [1.82, 2.24) is 14.5 Å². The number of hydrogen-bond donors (Lipinski definition) is 1. The minimum Gasteiger partial charge on any atom is -0.355 e. The fourth-order valence-electron chi connectivity index (χ4n) is 3.65. The Kier molecular flexibility index (Phi) is 7.40. The van der Waals surface area contributed by atoms with E-state index in [0.29, 0.717) is 24.2 Å². The number of nitrogens with one attached hydrogen (secondary N) is 1. The van der Waals surface area contributed by atoms with E-state index in [1.807, 2.05) is 49.4 Å². The summed E-state index contributed by atoms with van der Waals surface area (Å²) in [7, 11) is 0. The third-order valence-electron chi connectivity index (χ3n) is 5.23. The molecule has 164 valence electrons. The molecule has 0 saturated heterocycles. The van der Waals surface area contributed by atoms with Crippen LogP contribution in [0.15, 0.2) is 64.2 Å². The lowest BCUT2D eigenvalue weighted by atomic mass is 9.99. The van der Waals surface area contributed by atoms with Gasteiger partial charge in [-0.3, -0.25) is 18.7 Å². The van der Waals surface area contributed by atoms with Crippen LogP contribution in [0.4, 0.5) is 0 Å². The lowest BCUT2D eigenvalue weighted by Gasteiger charge is -2.16. The van der Waals surface area contributed by atoms with Crippen LogP contribution in [0.5, 0.6) is 0 Å². The van der Waals surface area contributed by atoms with Crippen molar-refractivity contribution >= 4 is 5.91 Å². The molecule has 0 aliphatic rings. The number of aromatic nitrogens is 2. The van der Waals surface area contributed by atoms with Crippen molar-refractivity contribution in [1.29, 1.82) is 5.26 Å². The van der Waals surface area contributed by atoms with E-state index in [4.69, 9.17) is 0 Å². The van der Waals surface area contributed by atoms with E-state index in [1.165, 1.54) is 13.0 Å². The summed E-state index contributed by atoms with van der Waals surface area (Å²) in [6, 6.07) is 18.9. The van der Waals surface area contributed by atoms with Crippen molar-refractivity contribution in [3.05, 3.63) is 92.3 Å². The van der Waals surface area contributed by atoms with Crippen LogP contribution < -0.4 is 16.6 Å². The van der Waals surface area contributed by atoms with Crippen LogP contribution in [-0.2, 0) is 24.3 Å². The van der Waals surface area contributed by atoms with E-state index >= 15 is 0 Å². The van der Waals surface area contributed by atoms with Crippen molar-refractivity contribution < 1.29 is 4.79 Å². The summed E-state index contributed by atoms with van der Waals surface area (Å²) in [6.07, 6.45) is 1.42. The average molecular weight is 431 g/mol. The van der Waals surface area contributed by atoms with Crippen LogP contribution in [0.2, 0.25) is 0 Å². The second-order valence-electron chi connectivity index (χ2n) is 7.58. The molecule has 0 fully saturated rings. The molecule has 1 aromatic heterocycles. The predicted octanol–water partition coefficient (Wildman–Crippen LogP) is 2.69. The third-order valence-corrected chi connectivity index (χ3v) is 5.23. The number of carbonyl (C=O) groups excluding carboxylic acids is 1. The Balaban J connectivity index is 1.93. The van der Waals surface area contributed by atoms with Gasteiger partial charge in [-0.1, -0.05) is 55.8 Å². The average Bonchev–Trinajstić information content (AvgIpc) is 2.79. The number of benzene rings is 2. The van der Waals surface area contributed by atoms with E-state index in [2.05, 4.69) is 11.4 Å². The molecule has 0 unspecified atom stereocenters. The summed E-state index contributed by atoms with van der Waals surface area (Å²) >= 11 is 0. The van der Waals surface area contributed by atoms with Gasteiger partial charge in [0, 0.05) is 31.8 Å². The Morgan fingerprint density at radius 2 is 1.78 bits per heavy atom. The second kappa shape index (κ2) is 10.4. The molecule has 0 atom stereocenters. The molecule has 0 spiro atoms. The topological polar surface area (TPSA) is 96.9 Å². The molecule has 7 heteroatoms. The Morgan fingerprint density at radius 3 is 2.44 bits per heavy atom. The monoisotopic (exact) mass is 430 g/mol. The van der Waals surface area contributed by atoms with Gasteiger partial charge in [0.25, 0.3) is 5.56 Å². The zero-order valence-electron chi connectivity index (χ0n) is 18.3. The number of carbonyl (C=O) groups is 1. The standard InChI is InChI=1S/C25H26N4O3/c1-3-6-22-15-24(31)28(14-13-27-18(2)30)25(32)29(22)17-19-9-11-20(12-10-19)23-8-5-4-7-21(23)16-26/h4-5,7-12,15H,3,6,13-14,17H2,1-2H3,(H,27,30). The van der Waals surface area contributed by atoms with Crippen molar-refractivity contribution in [2.45, 2.75) is 39.8 Å². The maximum absolute atomic E-state index is 13.1. The largest absolute Gasteiger partial charge is 0.355 e.